The molecule has 1 heterocycles. The van der Waals surface area contributed by atoms with Gasteiger partial charge in [-0.05, 0) is 35.4 Å². The number of carbonyl (C=O) groups excluding carboxylic acids is 3. The molecule has 0 saturated heterocycles. The van der Waals surface area contributed by atoms with Crippen LogP contribution in [0.1, 0.15) is 27.4 Å². The summed E-state index contributed by atoms with van der Waals surface area (Å²) in [6.07, 6.45) is 0.291. The van der Waals surface area contributed by atoms with Crippen molar-refractivity contribution in [2.24, 2.45) is 0 Å². The van der Waals surface area contributed by atoms with Crippen LogP contribution in [0.4, 0.5) is 4.39 Å². The van der Waals surface area contributed by atoms with Crippen LogP contribution in [-0.4, -0.2) is 29.7 Å². The van der Waals surface area contributed by atoms with Gasteiger partial charge in [-0.15, -0.1) is 0 Å². The fourth-order valence-corrected chi connectivity index (χ4v) is 3.07. The summed E-state index contributed by atoms with van der Waals surface area (Å²) < 4.78 is 13.1. The Morgan fingerprint density at radius 1 is 1.28 bits per heavy atom. The molecular formula is C18H14ClFN2O3. The number of fused-ring (bicyclic) bond motifs is 1. The maximum Gasteiger partial charge on any atom is 0.254 e. The molecule has 2 aromatic rings. The minimum Gasteiger partial charge on any atom is -0.333 e. The van der Waals surface area contributed by atoms with Gasteiger partial charge < -0.3 is 4.90 Å². The van der Waals surface area contributed by atoms with E-state index in [1.165, 1.54) is 29.2 Å². The van der Waals surface area contributed by atoms with Crippen LogP contribution in [-0.2, 0) is 16.1 Å². The highest BCUT2D eigenvalue weighted by atomic mass is 35.5. The molecule has 0 saturated carbocycles. The van der Waals surface area contributed by atoms with Crippen molar-refractivity contribution in [1.82, 2.24) is 10.2 Å². The molecule has 3 amide bonds. The van der Waals surface area contributed by atoms with Gasteiger partial charge in [0.15, 0.2) is 0 Å². The Bertz CT molecular complexity index is 839. The highest BCUT2D eigenvalue weighted by molar-refractivity contribution is 6.31. The van der Waals surface area contributed by atoms with Crippen LogP contribution < -0.4 is 5.32 Å². The molecule has 1 atom stereocenters. The Morgan fingerprint density at radius 2 is 2.00 bits per heavy atom. The smallest absolute Gasteiger partial charge is 0.254 e. The lowest BCUT2D eigenvalue weighted by molar-refractivity contribution is -0.126. The van der Waals surface area contributed by atoms with Gasteiger partial charge in [-0.2, -0.15) is 0 Å². The summed E-state index contributed by atoms with van der Waals surface area (Å²) in [6, 6.07) is 10.5. The zero-order valence-corrected chi connectivity index (χ0v) is 13.8. The van der Waals surface area contributed by atoms with Crippen molar-refractivity contribution >= 4 is 29.8 Å². The first-order chi connectivity index (χ1) is 12.0. The fraction of sp³-hybridized carbons (Fsp3) is 0.167. The normalized spacial score (nSPS) is 14.2. The van der Waals surface area contributed by atoms with E-state index in [1.807, 2.05) is 0 Å². The number of nitrogens with zero attached hydrogens (tertiary/aromatic N) is 1. The lowest BCUT2D eigenvalue weighted by Crippen LogP contribution is -2.37. The third-order valence-corrected chi connectivity index (χ3v) is 4.38. The van der Waals surface area contributed by atoms with Crippen molar-refractivity contribution in [1.29, 1.82) is 0 Å². The van der Waals surface area contributed by atoms with Gasteiger partial charge in [0, 0.05) is 23.7 Å². The van der Waals surface area contributed by atoms with Crippen molar-refractivity contribution in [3.63, 3.8) is 0 Å². The zero-order valence-electron chi connectivity index (χ0n) is 13.0. The topological polar surface area (TPSA) is 66.5 Å². The molecule has 1 N–H and O–H groups in total. The fourth-order valence-electron chi connectivity index (χ4n) is 2.89. The molecule has 5 nitrogen and oxygen atoms in total. The van der Waals surface area contributed by atoms with E-state index < -0.39 is 17.6 Å². The summed E-state index contributed by atoms with van der Waals surface area (Å²) in [5.41, 5.74) is 1.84. The van der Waals surface area contributed by atoms with Gasteiger partial charge in [-0.3, -0.25) is 19.7 Å². The van der Waals surface area contributed by atoms with Crippen LogP contribution in [0.3, 0.4) is 0 Å². The Hall–Kier alpha value is -2.73. The first-order valence-electron chi connectivity index (χ1n) is 7.57. The molecular weight excluding hydrogens is 347 g/mol. The highest BCUT2D eigenvalue weighted by Crippen LogP contribution is 2.28. The summed E-state index contributed by atoms with van der Waals surface area (Å²) in [6.45, 7) is 0.411. The third-order valence-electron chi connectivity index (χ3n) is 4.14. The number of amides is 3. The standard InChI is InChI=1S/C18H14ClFN2O3/c19-13-4-1-12-8-22(18(25)15(12)7-13)9-16(17(24)21-10-23)11-2-5-14(20)6-3-11/h1-7,10,16H,8-9H2,(H,21,23,24)/t16-/m0/s1. The van der Waals surface area contributed by atoms with Gasteiger partial charge in [0.05, 0.1) is 5.92 Å². The van der Waals surface area contributed by atoms with E-state index in [9.17, 15) is 18.8 Å². The van der Waals surface area contributed by atoms with Crippen LogP contribution in [0, 0.1) is 5.82 Å². The van der Waals surface area contributed by atoms with E-state index in [-0.39, 0.29) is 12.5 Å². The maximum absolute atomic E-state index is 13.1. The molecule has 0 unspecified atom stereocenters. The lowest BCUT2D eigenvalue weighted by Gasteiger charge is -2.22. The molecule has 0 bridgehead atoms. The monoisotopic (exact) mass is 360 g/mol. The molecule has 0 radical (unpaired) electrons. The number of hydrogen-bond acceptors (Lipinski definition) is 3. The largest absolute Gasteiger partial charge is 0.333 e. The molecule has 25 heavy (non-hydrogen) atoms. The molecule has 128 valence electrons. The van der Waals surface area contributed by atoms with E-state index in [1.54, 1.807) is 18.2 Å². The second-order valence-corrected chi connectivity index (χ2v) is 6.15. The molecule has 1 aliphatic rings. The molecule has 0 fully saturated rings. The van der Waals surface area contributed by atoms with Crippen molar-refractivity contribution in [3.8, 4) is 0 Å². The zero-order chi connectivity index (χ0) is 18.0. The molecule has 0 aliphatic carbocycles. The average molecular weight is 361 g/mol. The minimum atomic E-state index is -0.792. The van der Waals surface area contributed by atoms with Crippen LogP contribution in [0.5, 0.6) is 0 Å². The van der Waals surface area contributed by atoms with E-state index in [2.05, 4.69) is 5.32 Å². The van der Waals surface area contributed by atoms with E-state index in [0.717, 1.165) is 5.56 Å². The van der Waals surface area contributed by atoms with Gasteiger partial charge in [0.25, 0.3) is 5.91 Å². The minimum absolute atomic E-state index is 0.0659. The van der Waals surface area contributed by atoms with Gasteiger partial charge in [-0.1, -0.05) is 29.8 Å². The Morgan fingerprint density at radius 3 is 2.68 bits per heavy atom. The summed E-state index contributed by atoms with van der Waals surface area (Å²) in [5, 5.41) is 2.57. The number of nitrogens with one attached hydrogen (secondary N) is 1. The van der Waals surface area contributed by atoms with E-state index in [4.69, 9.17) is 11.6 Å². The predicted octanol–water partition coefficient (Wildman–Crippen LogP) is 2.49. The SMILES string of the molecule is O=CNC(=O)[C@@H](CN1Cc2ccc(Cl)cc2C1=O)c1ccc(F)cc1. The maximum atomic E-state index is 13.1. The molecule has 7 heteroatoms. The van der Waals surface area contributed by atoms with Gasteiger partial charge in [0.2, 0.25) is 12.3 Å². The number of benzene rings is 2. The molecule has 2 aromatic carbocycles. The van der Waals surface area contributed by atoms with Crippen LogP contribution in [0.15, 0.2) is 42.5 Å². The molecule has 3 rings (SSSR count). The number of carbonyl (C=O) groups is 3. The molecule has 0 spiro atoms. The van der Waals surface area contributed by atoms with E-state index in [0.29, 0.717) is 29.1 Å². The van der Waals surface area contributed by atoms with Crippen molar-refractivity contribution in [2.45, 2.75) is 12.5 Å². The first-order valence-corrected chi connectivity index (χ1v) is 7.94. The predicted molar refractivity (Wildman–Crippen MR) is 89.5 cm³/mol. The summed E-state index contributed by atoms with van der Waals surface area (Å²) in [5.74, 6) is -2.01. The van der Waals surface area contributed by atoms with Crippen molar-refractivity contribution < 1.29 is 18.8 Å². The third kappa shape index (κ3) is 3.53. The summed E-state index contributed by atoms with van der Waals surface area (Å²) in [7, 11) is 0. The number of halogens is 2. The van der Waals surface area contributed by atoms with Gasteiger partial charge in [-0.25, -0.2) is 4.39 Å². The van der Waals surface area contributed by atoms with Crippen LogP contribution in [0.2, 0.25) is 5.02 Å². The lowest BCUT2D eigenvalue weighted by atomic mass is 9.97. The number of hydrogen-bond donors (Lipinski definition) is 1. The Labute approximate surface area is 148 Å². The number of imide groups is 1. The number of rotatable bonds is 5. The van der Waals surface area contributed by atoms with Crippen molar-refractivity contribution in [2.75, 3.05) is 6.54 Å². The quantitative estimate of drug-likeness (QED) is 0.833. The summed E-state index contributed by atoms with van der Waals surface area (Å²) in [4.78, 5) is 37.0. The first kappa shape index (κ1) is 17.1. The summed E-state index contributed by atoms with van der Waals surface area (Å²) >= 11 is 5.94. The second kappa shape index (κ2) is 7.03. The van der Waals surface area contributed by atoms with E-state index >= 15 is 0 Å². The second-order valence-electron chi connectivity index (χ2n) is 5.72. The van der Waals surface area contributed by atoms with Crippen molar-refractivity contribution in [3.05, 3.63) is 70.0 Å². The molecule has 1 aliphatic heterocycles. The average Bonchev–Trinajstić information content (AvgIpc) is 2.89. The Kier molecular flexibility index (Phi) is 4.81. The van der Waals surface area contributed by atoms with Crippen LogP contribution in [0.25, 0.3) is 0 Å². The van der Waals surface area contributed by atoms with Crippen LogP contribution >= 0.6 is 11.6 Å². The van der Waals surface area contributed by atoms with Gasteiger partial charge >= 0.3 is 0 Å². The highest BCUT2D eigenvalue weighted by Gasteiger charge is 2.32. The van der Waals surface area contributed by atoms with Gasteiger partial charge in [0.1, 0.15) is 5.82 Å². The Balaban J connectivity index is 1.86. The molecule has 0 aromatic heterocycles.